The Kier molecular flexibility index (Phi) is 5.79. The lowest BCUT2D eigenvalue weighted by Gasteiger charge is -2.21. The monoisotopic (exact) mass is 355 g/mol. The van der Waals surface area contributed by atoms with Crippen LogP contribution in [0, 0.1) is 5.82 Å². The average molecular weight is 355 g/mol. The molecule has 0 saturated carbocycles. The summed E-state index contributed by atoms with van der Waals surface area (Å²) in [5.41, 5.74) is 0.0666. The third-order valence-corrected chi connectivity index (χ3v) is 4.03. The number of anilines is 1. The maximum atomic E-state index is 13.6. The lowest BCUT2D eigenvalue weighted by atomic mass is 10.1. The normalized spacial score (nSPS) is 14.0. The molecule has 2 N–H and O–H groups in total. The highest BCUT2D eigenvalue weighted by molar-refractivity contribution is 5.93. The highest BCUT2D eigenvalue weighted by Gasteiger charge is 2.30. The fraction of sp³-hybridized carbons (Fsp3) is 0.278. The fourth-order valence-electron chi connectivity index (χ4n) is 2.31. The Morgan fingerprint density at radius 3 is 2.28 bits per heavy atom. The van der Waals surface area contributed by atoms with E-state index in [1.165, 1.54) is 30.3 Å². The van der Waals surface area contributed by atoms with Crippen molar-refractivity contribution < 1.29 is 27.3 Å². The summed E-state index contributed by atoms with van der Waals surface area (Å²) in [6.45, 7) is 2.04. The zero-order valence-corrected chi connectivity index (χ0v) is 13.8. The van der Waals surface area contributed by atoms with E-state index >= 15 is 0 Å². The molecule has 0 aliphatic heterocycles. The van der Waals surface area contributed by atoms with Gasteiger partial charge in [0.1, 0.15) is 12.4 Å². The zero-order chi connectivity index (χ0) is 18.6. The zero-order valence-electron chi connectivity index (χ0n) is 13.8. The Balaban J connectivity index is 1.98. The van der Waals surface area contributed by atoms with Crippen molar-refractivity contribution in [3.8, 4) is 0 Å². The van der Waals surface area contributed by atoms with Crippen LogP contribution in [0.15, 0.2) is 48.5 Å². The van der Waals surface area contributed by atoms with Gasteiger partial charge in [0.25, 0.3) is 5.91 Å². The van der Waals surface area contributed by atoms with Gasteiger partial charge in [-0.2, -0.15) is 13.2 Å². The van der Waals surface area contributed by atoms with Gasteiger partial charge in [-0.15, -0.1) is 0 Å². The van der Waals surface area contributed by atoms with E-state index in [1.54, 1.807) is 20.0 Å². The summed E-state index contributed by atoms with van der Waals surface area (Å²) in [6, 6.07) is 10.2. The van der Waals surface area contributed by atoms with Crippen molar-refractivity contribution in [3.05, 3.63) is 65.5 Å². The van der Waals surface area contributed by atoms with Crippen molar-refractivity contribution >= 4 is 11.6 Å². The van der Waals surface area contributed by atoms with Crippen LogP contribution >= 0.6 is 0 Å². The molecule has 1 amide bonds. The summed E-state index contributed by atoms with van der Waals surface area (Å²) in [5, 5.41) is 2.52. The first kappa shape index (κ1) is 18.9. The van der Waals surface area contributed by atoms with E-state index in [1.807, 2.05) is 0 Å². The second kappa shape index (κ2) is 7.65. The topological polar surface area (TPSA) is 33.5 Å². The lowest BCUT2D eigenvalue weighted by Crippen LogP contribution is -3.12. The van der Waals surface area contributed by atoms with Gasteiger partial charge >= 0.3 is 6.18 Å². The molecule has 0 fully saturated rings. The Bertz CT molecular complexity index is 729. The Morgan fingerprint density at radius 1 is 1.12 bits per heavy atom. The van der Waals surface area contributed by atoms with Crippen LogP contribution in [0.1, 0.15) is 18.1 Å². The molecule has 3 nitrogen and oxygen atoms in total. The van der Waals surface area contributed by atoms with Gasteiger partial charge in [0.15, 0.2) is 6.04 Å². The number of quaternary nitrogens is 1. The minimum Gasteiger partial charge on any atom is -0.324 e. The summed E-state index contributed by atoms with van der Waals surface area (Å²) >= 11 is 0. The van der Waals surface area contributed by atoms with Crippen molar-refractivity contribution in [3.63, 3.8) is 0 Å². The van der Waals surface area contributed by atoms with E-state index in [9.17, 15) is 22.4 Å². The molecule has 1 unspecified atom stereocenters. The lowest BCUT2D eigenvalue weighted by molar-refractivity contribution is -0.907. The van der Waals surface area contributed by atoms with Gasteiger partial charge in [0, 0.05) is 5.56 Å². The number of likely N-dealkylation sites (N-methyl/N-ethyl adjacent to an activating group) is 1. The number of halogens is 4. The predicted molar refractivity (Wildman–Crippen MR) is 86.5 cm³/mol. The molecular weight excluding hydrogens is 336 g/mol. The molecule has 0 heterocycles. The third-order valence-electron chi connectivity index (χ3n) is 4.03. The van der Waals surface area contributed by atoms with Crippen LogP contribution < -0.4 is 10.2 Å². The largest absolute Gasteiger partial charge is 0.416 e. The molecule has 0 radical (unpaired) electrons. The number of benzene rings is 2. The van der Waals surface area contributed by atoms with E-state index in [2.05, 4.69) is 5.32 Å². The van der Waals surface area contributed by atoms with E-state index in [-0.39, 0.29) is 11.6 Å². The first-order valence-electron chi connectivity index (χ1n) is 7.72. The molecule has 7 heteroatoms. The molecule has 0 bridgehead atoms. The van der Waals surface area contributed by atoms with Gasteiger partial charge in [-0.3, -0.25) is 4.79 Å². The van der Waals surface area contributed by atoms with E-state index in [0.29, 0.717) is 12.1 Å². The quantitative estimate of drug-likeness (QED) is 0.795. The van der Waals surface area contributed by atoms with Gasteiger partial charge in [-0.1, -0.05) is 24.3 Å². The van der Waals surface area contributed by atoms with Crippen LogP contribution in [0.25, 0.3) is 0 Å². The van der Waals surface area contributed by atoms with Crippen LogP contribution in [0.4, 0.5) is 23.2 Å². The predicted octanol–water partition coefficient (Wildman–Crippen LogP) is 2.89. The number of rotatable bonds is 5. The maximum absolute atomic E-state index is 13.6. The SMILES string of the molecule is C[C@H](C(=O)Nc1ccccc1F)[NH+](C)Cc1ccc(C(F)(F)F)cc1. The average Bonchev–Trinajstić information content (AvgIpc) is 2.55. The minimum absolute atomic E-state index is 0.0988. The van der Waals surface area contributed by atoms with Crippen LogP contribution in [-0.2, 0) is 17.5 Å². The number of hydrogen-bond donors (Lipinski definition) is 2. The molecule has 25 heavy (non-hydrogen) atoms. The summed E-state index contributed by atoms with van der Waals surface area (Å²) in [7, 11) is 1.75. The van der Waals surface area contributed by atoms with Gasteiger partial charge in [0.05, 0.1) is 18.3 Å². The van der Waals surface area contributed by atoms with E-state index in [0.717, 1.165) is 17.0 Å². The van der Waals surface area contributed by atoms with Crippen LogP contribution in [0.2, 0.25) is 0 Å². The number of alkyl halides is 3. The molecular formula is C18H19F4N2O+. The van der Waals surface area contributed by atoms with Crippen molar-refractivity contribution in [2.75, 3.05) is 12.4 Å². The van der Waals surface area contributed by atoms with Gasteiger partial charge in [0.2, 0.25) is 0 Å². The number of carbonyl (C=O) groups is 1. The maximum Gasteiger partial charge on any atom is 0.416 e. The van der Waals surface area contributed by atoms with Crippen LogP contribution in [0.3, 0.4) is 0 Å². The number of amides is 1. The highest BCUT2D eigenvalue weighted by Crippen LogP contribution is 2.28. The summed E-state index contributed by atoms with van der Waals surface area (Å²) in [4.78, 5) is 13.0. The van der Waals surface area contributed by atoms with Gasteiger partial charge in [-0.05, 0) is 31.2 Å². The minimum atomic E-state index is -4.37. The van der Waals surface area contributed by atoms with Crippen LogP contribution in [-0.4, -0.2) is 19.0 Å². The molecule has 2 atom stereocenters. The summed E-state index contributed by atoms with van der Waals surface area (Å²) < 4.78 is 51.3. The molecule has 0 spiro atoms. The molecule has 0 aromatic heterocycles. The number of hydrogen-bond acceptors (Lipinski definition) is 1. The standard InChI is InChI=1S/C18H18F4N2O/c1-12(17(25)23-16-6-4-3-5-15(16)19)24(2)11-13-7-9-14(10-8-13)18(20,21)22/h3-10,12H,11H2,1-2H3,(H,23,25)/p+1/t12-/m1/s1. The number of nitrogens with one attached hydrogen (secondary N) is 2. The Labute approximate surface area is 143 Å². The first-order chi connectivity index (χ1) is 11.7. The fourth-order valence-corrected chi connectivity index (χ4v) is 2.31. The second-order valence-corrected chi connectivity index (χ2v) is 5.91. The van der Waals surface area contributed by atoms with Gasteiger partial charge < -0.3 is 10.2 Å². The van der Waals surface area contributed by atoms with Crippen molar-refractivity contribution in [2.45, 2.75) is 25.7 Å². The molecule has 0 saturated heterocycles. The van der Waals surface area contributed by atoms with E-state index in [4.69, 9.17) is 0 Å². The third kappa shape index (κ3) is 5.03. The Morgan fingerprint density at radius 2 is 1.72 bits per heavy atom. The number of para-hydroxylation sites is 1. The molecule has 2 aromatic carbocycles. The first-order valence-corrected chi connectivity index (χ1v) is 7.72. The van der Waals surface area contributed by atoms with E-state index < -0.39 is 23.6 Å². The Hall–Kier alpha value is -2.41. The van der Waals surface area contributed by atoms with Crippen molar-refractivity contribution in [1.29, 1.82) is 0 Å². The second-order valence-electron chi connectivity index (χ2n) is 5.91. The molecule has 0 aliphatic carbocycles. The summed E-state index contributed by atoms with van der Waals surface area (Å²) in [5.74, 6) is -0.891. The van der Waals surface area contributed by atoms with Crippen LogP contribution in [0.5, 0.6) is 0 Å². The van der Waals surface area contributed by atoms with Crippen molar-refractivity contribution in [1.82, 2.24) is 0 Å². The molecule has 0 aliphatic rings. The molecule has 2 aromatic rings. The summed E-state index contributed by atoms with van der Waals surface area (Å²) in [6.07, 6.45) is -4.37. The van der Waals surface area contributed by atoms with Crippen molar-refractivity contribution in [2.24, 2.45) is 0 Å². The smallest absolute Gasteiger partial charge is 0.324 e. The molecule has 134 valence electrons. The number of carbonyl (C=O) groups excluding carboxylic acids is 1. The van der Waals surface area contributed by atoms with Gasteiger partial charge in [-0.25, -0.2) is 4.39 Å². The molecule has 2 rings (SSSR count). The highest BCUT2D eigenvalue weighted by atomic mass is 19.4.